The van der Waals surface area contributed by atoms with E-state index < -0.39 is 10.0 Å². The highest BCUT2D eigenvalue weighted by Crippen LogP contribution is 2.48. The largest absolute Gasteiger partial charge is 0.392 e. The molecule has 1 aliphatic carbocycles. The number of hydrogen-bond acceptors (Lipinski definition) is 3. The van der Waals surface area contributed by atoms with Crippen molar-refractivity contribution < 1.29 is 13.5 Å². The molecule has 1 aromatic carbocycles. The summed E-state index contributed by atoms with van der Waals surface area (Å²) in [7, 11) is -3.50. The van der Waals surface area contributed by atoms with Crippen molar-refractivity contribution >= 4 is 26.0 Å². The van der Waals surface area contributed by atoms with Gasteiger partial charge in [-0.05, 0) is 58.3 Å². The number of halogens is 1. The molecule has 1 aliphatic rings. The number of hydrogen-bond donors (Lipinski definition) is 2. The van der Waals surface area contributed by atoms with Crippen LogP contribution in [0.4, 0.5) is 0 Å². The zero-order chi connectivity index (χ0) is 14.1. The number of aliphatic hydroxyl groups is 1. The third-order valence-corrected chi connectivity index (χ3v) is 6.19. The van der Waals surface area contributed by atoms with E-state index in [0.29, 0.717) is 16.6 Å². The van der Waals surface area contributed by atoms with Crippen molar-refractivity contribution in [2.75, 3.05) is 6.54 Å². The van der Waals surface area contributed by atoms with E-state index in [9.17, 15) is 8.42 Å². The van der Waals surface area contributed by atoms with Gasteiger partial charge in [0.05, 0.1) is 11.5 Å². The first kappa shape index (κ1) is 15.0. The van der Waals surface area contributed by atoms with Gasteiger partial charge in [-0.2, -0.15) is 0 Å². The minimum atomic E-state index is -3.50. The molecule has 0 saturated heterocycles. The molecule has 0 heterocycles. The fourth-order valence-corrected chi connectivity index (χ4v) is 4.30. The predicted molar refractivity (Wildman–Crippen MR) is 77.2 cm³/mol. The number of benzene rings is 1. The molecule has 0 aliphatic heterocycles. The fourth-order valence-electron chi connectivity index (χ4n) is 2.02. The Kier molecular flexibility index (Phi) is 4.35. The SMILES string of the molecule is CCC1(CNS(=O)(=O)c2ccc(CO)cc2Br)CC1. The van der Waals surface area contributed by atoms with E-state index in [4.69, 9.17) is 5.11 Å². The van der Waals surface area contributed by atoms with Gasteiger partial charge in [-0.25, -0.2) is 13.1 Å². The van der Waals surface area contributed by atoms with Crippen LogP contribution < -0.4 is 4.72 Å². The Balaban J connectivity index is 2.15. The fraction of sp³-hybridized carbons (Fsp3) is 0.538. The molecule has 0 atom stereocenters. The maximum Gasteiger partial charge on any atom is 0.241 e. The van der Waals surface area contributed by atoms with E-state index in [1.807, 2.05) is 0 Å². The van der Waals surface area contributed by atoms with Crippen molar-refractivity contribution in [3.8, 4) is 0 Å². The lowest BCUT2D eigenvalue weighted by atomic mass is 10.1. The third-order valence-electron chi connectivity index (χ3n) is 3.81. The summed E-state index contributed by atoms with van der Waals surface area (Å²) in [6, 6.07) is 4.76. The molecular formula is C13H18BrNO3S. The summed E-state index contributed by atoms with van der Waals surface area (Å²) in [5.74, 6) is 0. The van der Waals surface area contributed by atoms with Crippen LogP contribution in [-0.2, 0) is 16.6 Å². The summed E-state index contributed by atoms with van der Waals surface area (Å²) < 4.78 is 27.6. The first-order chi connectivity index (χ1) is 8.92. The van der Waals surface area contributed by atoms with Crippen molar-refractivity contribution in [3.05, 3.63) is 28.2 Å². The second-order valence-electron chi connectivity index (χ2n) is 5.10. The molecule has 19 heavy (non-hydrogen) atoms. The monoisotopic (exact) mass is 347 g/mol. The first-order valence-electron chi connectivity index (χ1n) is 6.31. The van der Waals surface area contributed by atoms with Crippen LogP contribution in [0.5, 0.6) is 0 Å². The van der Waals surface area contributed by atoms with Crippen LogP contribution in [0.1, 0.15) is 31.7 Å². The number of nitrogens with one attached hydrogen (secondary N) is 1. The maximum absolute atomic E-state index is 12.2. The number of sulfonamides is 1. The molecule has 6 heteroatoms. The molecule has 0 radical (unpaired) electrons. The van der Waals surface area contributed by atoms with Gasteiger partial charge in [-0.15, -0.1) is 0 Å². The van der Waals surface area contributed by atoms with Gasteiger partial charge in [0, 0.05) is 11.0 Å². The van der Waals surface area contributed by atoms with Crippen molar-refractivity contribution in [2.45, 2.75) is 37.7 Å². The number of rotatable bonds is 6. The van der Waals surface area contributed by atoms with Crippen LogP contribution in [-0.4, -0.2) is 20.1 Å². The minimum Gasteiger partial charge on any atom is -0.392 e. The van der Waals surface area contributed by atoms with E-state index in [1.54, 1.807) is 12.1 Å². The zero-order valence-corrected chi connectivity index (χ0v) is 13.2. The molecular weight excluding hydrogens is 330 g/mol. The van der Waals surface area contributed by atoms with Crippen LogP contribution in [0.25, 0.3) is 0 Å². The van der Waals surface area contributed by atoms with Gasteiger partial charge in [0.1, 0.15) is 0 Å². The average Bonchev–Trinajstić information content (AvgIpc) is 3.17. The van der Waals surface area contributed by atoms with Crippen LogP contribution in [0.15, 0.2) is 27.6 Å². The van der Waals surface area contributed by atoms with Crippen molar-refractivity contribution in [2.24, 2.45) is 5.41 Å². The Morgan fingerprint density at radius 1 is 1.42 bits per heavy atom. The maximum atomic E-state index is 12.2. The molecule has 1 aromatic rings. The zero-order valence-electron chi connectivity index (χ0n) is 10.8. The molecule has 106 valence electrons. The summed E-state index contributed by atoms with van der Waals surface area (Å²) >= 11 is 3.25. The quantitative estimate of drug-likeness (QED) is 0.830. The van der Waals surface area contributed by atoms with E-state index in [2.05, 4.69) is 27.6 Å². The Morgan fingerprint density at radius 3 is 2.58 bits per heavy atom. The van der Waals surface area contributed by atoms with E-state index in [0.717, 1.165) is 19.3 Å². The average molecular weight is 348 g/mol. The van der Waals surface area contributed by atoms with Crippen LogP contribution in [0.3, 0.4) is 0 Å². The topological polar surface area (TPSA) is 66.4 Å². The van der Waals surface area contributed by atoms with Crippen LogP contribution >= 0.6 is 15.9 Å². The third kappa shape index (κ3) is 3.37. The van der Waals surface area contributed by atoms with Crippen molar-refractivity contribution in [1.82, 2.24) is 4.72 Å². The van der Waals surface area contributed by atoms with Gasteiger partial charge < -0.3 is 5.11 Å². The Labute approximate surface area is 122 Å². The van der Waals surface area contributed by atoms with E-state index in [-0.39, 0.29) is 16.9 Å². The lowest BCUT2D eigenvalue weighted by Gasteiger charge is -2.14. The lowest BCUT2D eigenvalue weighted by Crippen LogP contribution is -2.30. The lowest BCUT2D eigenvalue weighted by molar-refractivity contribution is 0.281. The van der Waals surface area contributed by atoms with Gasteiger partial charge in [0.15, 0.2) is 0 Å². The van der Waals surface area contributed by atoms with Crippen LogP contribution in [0.2, 0.25) is 0 Å². The molecule has 0 bridgehead atoms. The molecule has 0 unspecified atom stereocenters. The molecule has 1 saturated carbocycles. The Morgan fingerprint density at radius 2 is 2.11 bits per heavy atom. The Hall–Kier alpha value is -0.430. The van der Waals surface area contributed by atoms with Gasteiger partial charge in [-0.1, -0.05) is 13.0 Å². The van der Waals surface area contributed by atoms with Gasteiger partial charge in [0.25, 0.3) is 0 Å². The highest BCUT2D eigenvalue weighted by molar-refractivity contribution is 9.10. The Bertz CT molecular complexity index is 567. The summed E-state index contributed by atoms with van der Waals surface area (Å²) in [5, 5.41) is 9.02. The van der Waals surface area contributed by atoms with E-state index in [1.165, 1.54) is 6.07 Å². The van der Waals surface area contributed by atoms with Crippen molar-refractivity contribution in [3.63, 3.8) is 0 Å². The summed E-state index contributed by atoms with van der Waals surface area (Å²) in [6.45, 7) is 2.48. The van der Waals surface area contributed by atoms with Gasteiger partial charge in [-0.3, -0.25) is 0 Å². The summed E-state index contributed by atoms with van der Waals surface area (Å²) in [5.41, 5.74) is 0.850. The first-order valence-corrected chi connectivity index (χ1v) is 8.59. The minimum absolute atomic E-state index is 0.106. The second-order valence-corrected chi connectivity index (χ2v) is 7.69. The van der Waals surface area contributed by atoms with E-state index >= 15 is 0 Å². The summed E-state index contributed by atoms with van der Waals surface area (Å²) in [4.78, 5) is 0.219. The van der Waals surface area contributed by atoms with Gasteiger partial charge >= 0.3 is 0 Å². The normalized spacial score (nSPS) is 17.4. The molecule has 0 aromatic heterocycles. The molecule has 0 amide bonds. The molecule has 2 N–H and O–H groups in total. The van der Waals surface area contributed by atoms with Crippen LogP contribution in [0, 0.1) is 5.41 Å². The van der Waals surface area contributed by atoms with Gasteiger partial charge in [0.2, 0.25) is 10.0 Å². The number of aliphatic hydroxyl groups excluding tert-OH is 1. The highest BCUT2D eigenvalue weighted by atomic mass is 79.9. The summed E-state index contributed by atoms with van der Waals surface area (Å²) in [6.07, 6.45) is 3.19. The molecule has 4 nitrogen and oxygen atoms in total. The smallest absolute Gasteiger partial charge is 0.241 e. The highest BCUT2D eigenvalue weighted by Gasteiger charge is 2.41. The molecule has 0 spiro atoms. The second kappa shape index (κ2) is 5.52. The predicted octanol–water partition coefficient (Wildman–Crippen LogP) is 2.41. The van der Waals surface area contributed by atoms with Crippen molar-refractivity contribution in [1.29, 1.82) is 0 Å². The molecule has 1 fully saturated rings. The molecule has 2 rings (SSSR count). The standard InChI is InChI=1S/C13H18BrNO3S/c1-2-13(5-6-13)9-15-19(17,18)12-4-3-10(8-16)7-11(12)14/h3-4,7,15-16H,2,5-6,8-9H2,1H3.